The van der Waals surface area contributed by atoms with E-state index in [1.165, 1.54) is 32.4 Å². The summed E-state index contributed by atoms with van der Waals surface area (Å²) in [6.07, 6.45) is 3.91. The van der Waals surface area contributed by atoms with Crippen molar-refractivity contribution in [1.29, 1.82) is 0 Å². The Balaban J connectivity index is 1.94. The Morgan fingerprint density at radius 3 is 2.68 bits per heavy atom. The van der Waals surface area contributed by atoms with Crippen LogP contribution in [0.15, 0.2) is 29.3 Å². The zero-order valence-corrected chi connectivity index (χ0v) is 17.5. The number of benzene rings is 1. The van der Waals surface area contributed by atoms with Gasteiger partial charge in [0.2, 0.25) is 0 Å². The Morgan fingerprint density at radius 2 is 2.00 bits per heavy atom. The molecule has 0 aromatic heterocycles. The first-order valence-electron chi connectivity index (χ1n) is 10.2. The maximum Gasteiger partial charge on any atom is 0.255 e. The summed E-state index contributed by atoms with van der Waals surface area (Å²) in [4.78, 5) is 18.1. The van der Waals surface area contributed by atoms with Gasteiger partial charge in [0.15, 0.2) is 12.6 Å². The van der Waals surface area contributed by atoms with E-state index in [-0.39, 0.29) is 12.1 Å². The molecule has 7 nitrogen and oxygen atoms in total. The summed E-state index contributed by atoms with van der Waals surface area (Å²) in [5.41, 5.74) is 6.22. The first-order chi connectivity index (χ1) is 13.4. The van der Waals surface area contributed by atoms with Gasteiger partial charge in [-0.05, 0) is 64.4 Å². The lowest BCUT2D eigenvalue weighted by Gasteiger charge is -2.41. The number of aliphatic imine (C=N–C) groups is 1. The van der Waals surface area contributed by atoms with Crippen LogP contribution in [0.25, 0.3) is 0 Å². The second-order valence-corrected chi connectivity index (χ2v) is 7.81. The Labute approximate surface area is 168 Å². The van der Waals surface area contributed by atoms with E-state index >= 15 is 0 Å². The topological polar surface area (TPSA) is 92.0 Å². The molecule has 0 unspecified atom stereocenters. The summed E-state index contributed by atoms with van der Waals surface area (Å²) in [6, 6.07) is 7.57. The number of hydrogen-bond donors (Lipinski definition) is 3. The van der Waals surface area contributed by atoms with Crippen molar-refractivity contribution in [3.63, 3.8) is 0 Å². The molecule has 0 saturated carbocycles. The van der Waals surface area contributed by atoms with Gasteiger partial charge >= 0.3 is 0 Å². The minimum Gasteiger partial charge on any atom is -0.484 e. The molecule has 1 amide bonds. The van der Waals surface area contributed by atoms with Crippen LogP contribution in [0.2, 0.25) is 0 Å². The van der Waals surface area contributed by atoms with Crippen LogP contribution in [0.1, 0.15) is 45.6 Å². The van der Waals surface area contributed by atoms with Crippen LogP contribution in [0.5, 0.6) is 5.75 Å². The standard InChI is InChI=1S/C21H35N5O2/c1-4-23-20(25-16-21(2,3)26-11-6-5-7-12-26)24-14-17-9-8-10-18(13-17)28-15-19(22)27/h8-10,13H,4-7,11-12,14-16H2,1-3H3,(H2,22,27)(H2,23,24,25). The van der Waals surface area contributed by atoms with Crippen molar-refractivity contribution >= 4 is 11.9 Å². The number of guanidine groups is 1. The van der Waals surface area contributed by atoms with Crippen LogP contribution >= 0.6 is 0 Å². The summed E-state index contributed by atoms with van der Waals surface area (Å²) in [5, 5.41) is 6.80. The largest absolute Gasteiger partial charge is 0.484 e. The van der Waals surface area contributed by atoms with Gasteiger partial charge in [-0.2, -0.15) is 0 Å². The molecule has 0 spiro atoms. The molecule has 1 aliphatic heterocycles. The summed E-state index contributed by atoms with van der Waals surface area (Å²) in [5.74, 6) is 0.935. The molecule has 4 N–H and O–H groups in total. The second-order valence-electron chi connectivity index (χ2n) is 7.81. The van der Waals surface area contributed by atoms with E-state index < -0.39 is 5.91 Å². The van der Waals surface area contributed by atoms with Gasteiger partial charge in [0, 0.05) is 18.6 Å². The predicted molar refractivity (Wildman–Crippen MR) is 113 cm³/mol. The summed E-state index contributed by atoms with van der Waals surface area (Å²) in [6.45, 7) is 11.0. The number of likely N-dealkylation sites (tertiary alicyclic amines) is 1. The lowest BCUT2D eigenvalue weighted by Crippen LogP contribution is -2.54. The highest BCUT2D eigenvalue weighted by molar-refractivity contribution is 5.79. The lowest BCUT2D eigenvalue weighted by molar-refractivity contribution is -0.119. The molecule has 1 aliphatic rings. The first-order valence-corrected chi connectivity index (χ1v) is 10.2. The van der Waals surface area contributed by atoms with E-state index in [1.807, 2.05) is 18.2 Å². The Morgan fingerprint density at radius 1 is 1.25 bits per heavy atom. The fraction of sp³-hybridized carbons (Fsp3) is 0.619. The van der Waals surface area contributed by atoms with E-state index in [2.05, 4.69) is 36.3 Å². The van der Waals surface area contributed by atoms with Crippen molar-refractivity contribution in [2.45, 2.75) is 52.1 Å². The van der Waals surface area contributed by atoms with Gasteiger partial charge in [0.25, 0.3) is 5.91 Å². The average molecular weight is 390 g/mol. The third kappa shape index (κ3) is 7.38. The number of primary amides is 1. The molecule has 2 rings (SSSR count). The quantitative estimate of drug-likeness (QED) is 0.443. The SMILES string of the molecule is CCNC(=NCc1cccc(OCC(N)=O)c1)NCC(C)(C)N1CCCCC1. The van der Waals surface area contributed by atoms with Crippen molar-refractivity contribution in [3.05, 3.63) is 29.8 Å². The Bertz CT molecular complexity index is 654. The van der Waals surface area contributed by atoms with Gasteiger partial charge < -0.3 is 21.1 Å². The summed E-state index contributed by atoms with van der Waals surface area (Å²) < 4.78 is 5.36. The highest BCUT2D eigenvalue weighted by atomic mass is 16.5. The van der Waals surface area contributed by atoms with Gasteiger partial charge in [0.05, 0.1) is 6.54 Å². The number of amides is 1. The predicted octanol–water partition coefficient (Wildman–Crippen LogP) is 1.87. The van der Waals surface area contributed by atoms with Crippen LogP contribution in [-0.2, 0) is 11.3 Å². The molecule has 156 valence electrons. The molecule has 0 bridgehead atoms. The van der Waals surface area contributed by atoms with Crippen molar-refractivity contribution in [2.75, 3.05) is 32.8 Å². The number of carbonyl (C=O) groups is 1. The molecule has 1 fully saturated rings. The van der Waals surface area contributed by atoms with Crippen LogP contribution < -0.4 is 21.1 Å². The number of nitrogens with two attached hydrogens (primary N) is 1. The first kappa shape index (κ1) is 22.0. The van der Waals surface area contributed by atoms with Gasteiger partial charge in [0.1, 0.15) is 5.75 Å². The van der Waals surface area contributed by atoms with Crippen molar-refractivity contribution < 1.29 is 9.53 Å². The monoisotopic (exact) mass is 389 g/mol. The van der Waals surface area contributed by atoms with Crippen LogP contribution in [0.3, 0.4) is 0 Å². The van der Waals surface area contributed by atoms with E-state index in [0.29, 0.717) is 12.3 Å². The summed E-state index contributed by atoms with van der Waals surface area (Å²) in [7, 11) is 0. The molecule has 0 aliphatic carbocycles. The van der Waals surface area contributed by atoms with Gasteiger partial charge in [-0.1, -0.05) is 18.6 Å². The van der Waals surface area contributed by atoms with Crippen LogP contribution in [0, 0.1) is 0 Å². The average Bonchev–Trinajstić information content (AvgIpc) is 2.69. The third-order valence-corrected chi connectivity index (χ3v) is 4.94. The highest BCUT2D eigenvalue weighted by Gasteiger charge is 2.27. The van der Waals surface area contributed by atoms with E-state index in [1.54, 1.807) is 6.07 Å². The maximum atomic E-state index is 10.9. The van der Waals surface area contributed by atoms with Crippen molar-refractivity contribution in [2.24, 2.45) is 10.7 Å². The zero-order valence-electron chi connectivity index (χ0n) is 17.5. The molecule has 1 heterocycles. The fourth-order valence-corrected chi connectivity index (χ4v) is 3.31. The number of piperidine rings is 1. The van der Waals surface area contributed by atoms with Crippen molar-refractivity contribution in [3.8, 4) is 5.75 Å². The van der Waals surface area contributed by atoms with Crippen molar-refractivity contribution in [1.82, 2.24) is 15.5 Å². The number of carbonyl (C=O) groups excluding carboxylic acids is 1. The van der Waals surface area contributed by atoms with E-state index in [4.69, 9.17) is 15.5 Å². The van der Waals surface area contributed by atoms with Crippen LogP contribution in [0.4, 0.5) is 0 Å². The molecule has 28 heavy (non-hydrogen) atoms. The number of rotatable bonds is 9. The van der Waals surface area contributed by atoms with E-state index in [9.17, 15) is 4.79 Å². The normalized spacial score (nSPS) is 15.9. The number of nitrogens with one attached hydrogen (secondary N) is 2. The Hall–Kier alpha value is -2.28. The molecule has 0 atom stereocenters. The minimum absolute atomic E-state index is 0.0825. The van der Waals surface area contributed by atoms with E-state index in [0.717, 1.165) is 24.6 Å². The maximum absolute atomic E-state index is 10.9. The van der Waals surface area contributed by atoms with Gasteiger partial charge in [-0.15, -0.1) is 0 Å². The lowest BCUT2D eigenvalue weighted by atomic mass is 9.98. The molecule has 0 radical (unpaired) electrons. The Kier molecular flexibility index (Phi) is 8.57. The molecular weight excluding hydrogens is 354 g/mol. The minimum atomic E-state index is -0.488. The highest BCUT2D eigenvalue weighted by Crippen LogP contribution is 2.20. The van der Waals surface area contributed by atoms with Gasteiger partial charge in [-0.3, -0.25) is 9.69 Å². The third-order valence-electron chi connectivity index (χ3n) is 4.94. The summed E-state index contributed by atoms with van der Waals surface area (Å²) >= 11 is 0. The fourth-order valence-electron chi connectivity index (χ4n) is 3.31. The zero-order chi connectivity index (χ0) is 20.4. The van der Waals surface area contributed by atoms with Crippen LogP contribution in [-0.4, -0.2) is 55.1 Å². The van der Waals surface area contributed by atoms with Gasteiger partial charge in [-0.25, -0.2) is 4.99 Å². The smallest absolute Gasteiger partial charge is 0.255 e. The number of hydrogen-bond acceptors (Lipinski definition) is 4. The molecule has 1 aromatic rings. The molecule has 1 saturated heterocycles. The molecule has 1 aromatic carbocycles. The number of nitrogens with zero attached hydrogens (tertiary/aromatic N) is 2. The molecule has 7 heteroatoms. The molecular formula is C21H35N5O2. The second kappa shape index (κ2) is 10.9. The number of ether oxygens (including phenoxy) is 1.